The average molecular weight is 365 g/mol. The molecular weight excluding hydrogens is 324 g/mol. The van der Waals surface area contributed by atoms with Gasteiger partial charge in [0.1, 0.15) is 0 Å². The van der Waals surface area contributed by atoms with Crippen molar-refractivity contribution in [3.05, 3.63) is 70.8 Å². The quantitative estimate of drug-likeness (QED) is 0.487. The molecule has 27 heavy (non-hydrogen) atoms. The van der Waals surface area contributed by atoms with Gasteiger partial charge in [0.05, 0.1) is 0 Å². The van der Waals surface area contributed by atoms with Gasteiger partial charge in [0.25, 0.3) is 0 Å². The Morgan fingerprint density at radius 1 is 0.704 bits per heavy atom. The van der Waals surface area contributed by atoms with Crippen molar-refractivity contribution < 1.29 is 0 Å². The molecule has 0 aliphatic heterocycles. The zero-order valence-electron chi connectivity index (χ0n) is 19.1. The Hall–Kier alpha value is -1.56. The molecule has 0 heterocycles. The van der Waals surface area contributed by atoms with Crippen LogP contribution in [0.15, 0.2) is 48.5 Å². The van der Waals surface area contributed by atoms with Crippen molar-refractivity contribution in [1.29, 1.82) is 0 Å². The highest BCUT2D eigenvalue weighted by Crippen LogP contribution is 2.50. The van der Waals surface area contributed by atoms with Crippen LogP contribution >= 0.6 is 0 Å². The fourth-order valence-corrected chi connectivity index (χ4v) is 4.59. The summed E-state index contributed by atoms with van der Waals surface area (Å²) in [6.07, 6.45) is 2.30. The van der Waals surface area contributed by atoms with Crippen LogP contribution in [0.5, 0.6) is 0 Å². The predicted octanol–water partition coefficient (Wildman–Crippen LogP) is 8.00. The first-order valence-electron chi connectivity index (χ1n) is 10.6. The second-order valence-electron chi connectivity index (χ2n) is 10.3. The summed E-state index contributed by atoms with van der Waals surface area (Å²) in [6.45, 7) is 21.3. The third-order valence-electron chi connectivity index (χ3n) is 7.25. The third-order valence-corrected chi connectivity index (χ3v) is 7.25. The van der Waals surface area contributed by atoms with Gasteiger partial charge in [-0.1, -0.05) is 108 Å². The summed E-state index contributed by atoms with van der Waals surface area (Å²) in [5, 5.41) is 0. The molecule has 2 aromatic rings. The zero-order valence-corrected chi connectivity index (χ0v) is 19.1. The Bertz CT molecular complexity index is 729. The fraction of sp³-hybridized carbons (Fsp3) is 0.556. The molecule has 2 aromatic carbocycles. The van der Waals surface area contributed by atoms with Gasteiger partial charge >= 0.3 is 0 Å². The van der Waals surface area contributed by atoms with Crippen molar-refractivity contribution in [2.24, 2.45) is 11.3 Å². The smallest absolute Gasteiger partial charge is 0.00363 e. The molecule has 0 radical (unpaired) electrons. The normalized spacial score (nSPS) is 17.8. The van der Waals surface area contributed by atoms with Crippen molar-refractivity contribution in [2.75, 3.05) is 0 Å². The molecule has 3 atom stereocenters. The molecule has 0 fully saturated rings. The summed E-state index contributed by atoms with van der Waals surface area (Å²) in [6, 6.07) is 18.5. The van der Waals surface area contributed by atoms with E-state index in [1.807, 2.05) is 0 Å². The van der Waals surface area contributed by atoms with Crippen molar-refractivity contribution in [1.82, 2.24) is 0 Å². The molecule has 0 nitrogen and oxygen atoms in total. The lowest BCUT2D eigenvalue weighted by molar-refractivity contribution is 0.119. The van der Waals surface area contributed by atoms with Gasteiger partial charge < -0.3 is 0 Å². The van der Waals surface area contributed by atoms with Gasteiger partial charge in [-0.25, -0.2) is 0 Å². The third kappa shape index (κ3) is 4.65. The van der Waals surface area contributed by atoms with Gasteiger partial charge in [0.15, 0.2) is 0 Å². The van der Waals surface area contributed by atoms with Crippen LogP contribution in [0.1, 0.15) is 83.6 Å². The molecule has 0 aliphatic rings. The fourth-order valence-electron chi connectivity index (χ4n) is 4.59. The van der Waals surface area contributed by atoms with Gasteiger partial charge in [-0.3, -0.25) is 0 Å². The molecule has 0 bridgehead atoms. The van der Waals surface area contributed by atoms with E-state index in [9.17, 15) is 0 Å². The largest absolute Gasteiger partial charge is 0.0645 e. The number of benzene rings is 2. The predicted molar refractivity (Wildman–Crippen MR) is 121 cm³/mol. The van der Waals surface area contributed by atoms with E-state index in [0.29, 0.717) is 5.92 Å². The van der Waals surface area contributed by atoms with Crippen molar-refractivity contribution >= 4 is 0 Å². The van der Waals surface area contributed by atoms with Gasteiger partial charge in [-0.2, -0.15) is 0 Å². The van der Waals surface area contributed by atoms with E-state index in [-0.39, 0.29) is 16.2 Å². The van der Waals surface area contributed by atoms with Crippen molar-refractivity contribution in [3.8, 4) is 0 Å². The lowest BCUT2D eigenvalue weighted by Crippen LogP contribution is -2.43. The lowest BCUT2D eigenvalue weighted by Gasteiger charge is -2.48. The van der Waals surface area contributed by atoms with Crippen LogP contribution in [-0.4, -0.2) is 0 Å². The Morgan fingerprint density at radius 2 is 1.11 bits per heavy atom. The van der Waals surface area contributed by atoms with E-state index in [1.54, 1.807) is 0 Å². The van der Waals surface area contributed by atoms with Crippen LogP contribution < -0.4 is 0 Å². The summed E-state index contributed by atoms with van der Waals surface area (Å²) in [4.78, 5) is 0. The summed E-state index contributed by atoms with van der Waals surface area (Å²) in [5.41, 5.74) is 6.14. The molecule has 0 N–H and O–H groups in total. The molecule has 0 aliphatic carbocycles. The number of hydrogen-bond donors (Lipinski definition) is 0. The average Bonchev–Trinajstić information content (AvgIpc) is 2.61. The first-order chi connectivity index (χ1) is 12.4. The van der Waals surface area contributed by atoms with E-state index in [2.05, 4.69) is 111 Å². The summed E-state index contributed by atoms with van der Waals surface area (Å²) < 4.78 is 0. The molecule has 3 unspecified atom stereocenters. The SMILES string of the molecule is CCC(C)(CC(C)(c1ccc(C)cc1)C(C)C(C)(C)C)c1ccc(C)cc1. The summed E-state index contributed by atoms with van der Waals surface area (Å²) in [7, 11) is 0. The molecule has 0 saturated carbocycles. The van der Waals surface area contributed by atoms with Gasteiger partial charge in [-0.05, 0) is 60.0 Å². The highest BCUT2D eigenvalue weighted by Gasteiger charge is 2.44. The first kappa shape index (κ1) is 21.7. The highest BCUT2D eigenvalue weighted by molar-refractivity contribution is 5.34. The van der Waals surface area contributed by atoms with E-state index >= 15 is 0 Å². The standard InChI is InChI=1S/C27H40/c1-10-26(8,23-15-11-20(2)12-16-23)19-27(9,22(4)25(5,6)7)24-17-13-21(3)14-18-24/h11-18,22H,10,19H2,1-9H3. The number of aryl methyl sites for hydroxylation is 2. The molecule has 2 rings (SSSR count). The van der Waals surface area contributed by atoms with Crippen LogP contribution in [0, 0.1) is 25.2 Å². The van der Waals surface area contributed by atoms with Crippen LogP contribution in [0.2, 0.25) is 0 Å². The van der Waals surface area contributed by atoms with Crippen LogP contribution in [0.25, 0.3) is 0 Å². The topological polar surface area (TPSA) is 0 Å². The van der Waals surface area contributed by atoms with Gasteiger partial charge in [0, 0.05) is 0 Å². The Kier molecular flexibility index (Phi) is 6.30. The summed E-state index contributed by atoms with van der Waals surface area (Å²) >= 11 is 0. The van der Waals surface area contributed by atoms with Crippen molar-refractivity contribution in [2.45, 2.75) is 86.0 Å². The number of hydrogen-bond acceptors (Lipinski definition) is 0. The lowest BCUT2D eigenvalue weighted by atomic mass is 9.56. The Balaban J connectivity index is 2.55. The van der Waals surface area contributed by atoms with E-state index in [1.165, 1.54) is 22.3 Å². The maximum Gasteiger partial charge on any atom is -0.00363 e. The first-order valence-corrected chi connectivity index (χ1v) is 10.6. The monoisotopic (exact) mass is 364 g/mol. The molecule has 0 saturated heterocycles. The summed E-state index contributed by atoms with van der Waals surface area (Å²) in [5.74, 6) is 0.559. The van der Waals surface area contributed by atoms with E-state index in [0.717, 1.165) is 12.8 Å². The maximum atomic E-state index is 2.50. The molecular formula is C27H40. The highest BCUT2D eigenvalue weighted by atomic mass is 14.5. The van der Waals surface area contributed by atoms with E-state index < -0.39 is 0 Å². The van der Waals surface area contributed by atoms with Crippen LogP contribution in [-0.2, 0) is 10.8 Å². The number of rotatable bonds is 6. The molecule has 0 heteroatoms. The minimum absolute atomic E-state index is 0.113. The molecule has 148 valence electrons. The Labute approximate surface area is 168 Å². The minimum atomic E-state index is 0.113. The van der Waals surface area contributed by atoms with Crippen LogP contribution in [0.3, 0.4) is 0 Å². The van der Waals surface area contributed by atoms with Crippen molar-refractivity contribution in [3.63, 3.8) is 0 Å². The van der Waals surface area contributed by atoms with Gasteiger partial charge in [-0.15, -0.1) is 0 Å². The van der Waals surface area contributed by atoms with Crippen LogP contribution in [0.4, 0.5) is 0 Å². The Morgan fingerprint density at radius 3 is 1.48 bits per heavy atom. The minimum Gasteiger partial charge on any atom is -0.0645 e. The molecule has 0 spiro atoms. The maximum absolute atomic E-state index is 2.50. The second kappa shape index (κ2) is 7.82. The second-order valence-corrected chi connectivity index (χ2v) is 10.3. The molecule has 0 aromatic heterocycles. The van der Waals surface area contributed by atoms with Gasteiger partial charge in [0.2, 0.25) is 0 Å². The van der Waals surface area contributed by atoms with E-state index in [4.69, 9.17) is 0 Å². The molecule has 0 amide bonds. The zero-order chi connectivity index (χ0) is 20.5.